The lowest BCUT2D eigenvalue weighted by molar-refractivity contribution is 0.0927. The minimum Gasteiger partial charge on any atom is -0.346 e. The fourth-order valence-electron chi connectivity index (χ4n) is 5.14. The standard InChI is InChI=1S/C24H31N7O2/c1-15-11-21(32)31(18-8-4-5-9-18)22-19(15)13-25-24(27-22)30-10-6-7-17(14-30)26-23(33)20-12-16(2)29(3)28-20/h11-13,17-18H,4-10,14H2,1-3H3,(H,26,33). The van der Waals surface area contributed by atoms with Gasteiger partial charge in [-0.1, -0.05) is 12.8 Å². The van der Waals surface area contributed by atoms with Crippen molar-refractivity contribution in [3.05, 3.63) is 45.6 Å². The van der Waals surface area contributed by atoms with Crippen LogP contribution in [0.2, 0.25) is 0 Å². The molecule has 1 saturated heterocycles. The normalized spacial score (nSPS) is 19.4. The summed E-state index contributed by atoms with van der Waals surface area (Å²) < 4.78 is 3.59. The minimum absolute atomic E-state index is 0.0117. The molecule has 0 spiro atoms. The van der Waals surface area contributed by atoms with E-state index in [0.29, 0.717) is 18.2 Å². The first-order valence-corrected chi connectivity index (χ1v) is 11.9. The number of rotatable bonds is 4. The fourth-order valence-corrected chi connectivity index (χ4v) is 5.14. The zero-order valence-corrected chi connectivity index (χ0v) is 19.5. The molecule has 2 fully saturated rings. The summed E-state index contributed by atoms with van der Waals surface area (Å²) in [7, 11) is 1.83. The maximum atomic E-state index is 12.9. The quantitative estimate of drug-likeness (QED) is 0.658. The summed E-state index contributed by atoms with van der Waals surface area (Å²) in [6.45, 7) is 5.32. The van der Waals surface area contributed by atoms with Crippen LogP contribution in [-0.4, -0.2) is 49.4 Å². The highest BCUT2D eigenvalue weighted by Gasteiger charge is 2.26. The highest BCUT2D eigenvalue weighted by Crippen LogP contribution is 2.31. The van der Waals surface area contributed by atoms with E-state index in [2.05, 4.69) is 20.3 Å². The third-order valence-corrected chi connectivity index (χ3v) is 7.06. The molecule has 1 amide bonds. The number of nitrogens with zero attached hydrogens (tertiary/aromatic N) is 6. The van der Waals surface area contributed by atoms with Gasteiger partial charge in [0.25, 0.3) is 11.5 Å². The van der Waals surface area contributed by atoms with Crippen LogP contribution in [0.1, 0.15) is 66.3 Å². The van der Waals surface area contributed by atoms with E-state index in [9.17, 15) is 9.59 Å². The van der Waals surface area contributed by atoms with Gasteiger partial charge in [0.05, 0.1) is 0 Å². The van der Waals surface area contributed by atoms with Gasteiger partial charge in [0, 0.05) is 55.6 Å². The Balaban J connectivity index is 1.41. The van der Waals surface area contributed by atoms with E-state index in [1.54, 1.807) is 16.8 Å². The van der Waals surface area contributed by atoms with Crippen LogP contribution in [0.25, 0.3) is 11.0 Å². The average molecular weight is 450 g/mol. The lowest BCUT2D eigenvalue weighted by Crippen LogP contribution is -2.48. The number of hydrogen-bond donors (Lipinski definition) is 1. The van der Waals surface area contributed by atoms with Crippen molar-refractivity contribution in [1.82, 2.24) is 29.6 Å². The van der Waals surface area contributed by atoms with Crippen LogP contribution in [0.3, 0.4) is 0 Å². The number of piperidine rings is 1. The third kappa shape index (κ3) is 4.12. The first kappa shape index (κ1) is 21.6. The van der Waals surface area contributed by atoms with Gasteiger partial charge in [-0.05, 0) is 51.2 Å². The summed E-state index contributed by atoms with van der Waals surface area (Å²) >= 11 is 0. The number of carbonyl (C=O) groups excluding carboxylic acids is 1. The summed E-state index contributed by atoms with van der Waals surface area (Å²) in [6.07, 6.45) is 7.99. The van der Waals surface area contributed by atoms with Crippen molar-refractivity contribution in [2.24, 2.45) is 7.05 Å². The number of aromatic nitrogens is 5. The predicted molar refractivity (Wildman–Crippen MR) is 127 cm³/mol. The van der Waals surface area contributed by atoms with Gasteiger partial charge in [-0.3, -0.25) is 18.8 Å². The maximum absolute atomic E-state index is 12.9. The van der Waals surface area contributed by atoms with Crippen molar-refractivity contribution in [1.29, 1.82) is 0 Å². The molecule has 9 heteroatoms. The molecule has 1 saturated carbocycles. The van der Waals surface area contributed by atoms with Crippen LogP contribution >= 0.6 is 0 Å². The number of anilines is 1. The Morgan fingerprint density at radius 3 is 2.64 bits per heavy atom. The van der Waals surface area contributed by atoms with Gasteiger partial charge in [-0.25, -0.2) is 4.98 Å². The SMILES string of the molecule is Cc1cc(=O)n(C2CCCC2)c2nc(N3CCCC(NC(=O)c4cc(C)n(C)n4)C3)ncc12. The maximum Gasteiger partial charge on any atom is 0.272 e. The van der Waals surface area contributed by atoms with Gasteiger partial charge in [0.1, 0.15) is 11.3 Å². The van der Waals surface area contributed by atoms with Crippen molar-refractivity contribution in [2.45, 2.75) is 64.5 Å². The van der Waals surface area contributed by atoms with Gasteiger partial charge >= 0.3 is 0 Å². The first-order valence-electron chi connectivity index (χ1n) is 11.9. The van der Waals surface area contributed by atoms with Gasteiger partial charge in [-0.15, -0.1) is 0 Å². The number of carbonyl (C=O) groups is 1. The van der Waals surface area contributed by atoms with Crippen molar-refractivity contribution < 1.29 is 4.79 Å². The van der Waals surface area contributed by atoms with Crippen LogP contribution in [0.4, 0.5) is 5.95 Å². The molecular weight excluding hydrogens is 418 g/mol. The van der Waals surface area contributed by atoms with Crippen LogP contribution in [0, 0.1) is 13.8 Å². The molecular formula is C24H31N7O2. The Kier molecular flexibility index (Phi) is 5.64. The topological polar surface area (TPSA) is 97.9 Å². The zero-order chi connectivity index (χ0) is 23.1. The summed E-state index contributed by atoms with van der Waals surface area (Å²) in [4.78, 5) is 37.2. The van der Waals surface area contributed by atoms with E-state index < -0.39 is 0 Å². The van der Waals surface area contributed by atoms with Crippen molar-refractivity contribution in [2.75, 3.05) is 18.0 Å². The van der Waals surface area contributed by atoms with Gasteiger partial charge in [0.15, 0.2) is 0 Å². The fraction of sp³-hybridized carbons (Fsp3) is 0.542. The summed E-state index contributed by atoms with van der Waals surface area (Å²) in [5, 5.41) is 8.33. The molecule has 1 atom stereocenters. The number of fused-ring (bicyclic) bond motifs is 1. The summed E-state index contributed by atoms with van der Waals surface area (Å²) in [5.74, 6) is 0.461. The largest absolute Gasteiger partial charge is 0.346 e. The molecule has 1 aliphatic heterocycles. The number of nitrogens with one attached hydrogen (secondary N) is 1. The summed E-state index contributed by atoms with van der Waals surface area (Å²) in [5.41, 5.74) is 3.03. The van der Waals surface area contributed by atoms with E-state index in [0.717, 1.165) is 67.4 Å². The average Bonchev–Trinajstić information content (AvgIpc) is 3.44. The monoisotopic (exact) mass is 449 g/mol. The molecule has 1 N–H and O–H groups in total. The Morgan fingerprint density at radius 1 is 1.12 bits per heavy atom. The van der Waals surface area contributed by atoms with Crippen LogP contribution in [0.15, 0.2) is 23.1 Å². The molecule has 1 unspecified atom stereocenters. The van der Waals surface area contributed by atoms with Crippen LogP contribution in [-0.2, 0) is 7.05 Å². The molecule has 3 aromatic rings. The van der Waals surface area contributed by atoms with E-state index in [4.69, 9.17) is 4.98 Å². The highest BCUT2D eigenvalue weighted by molar-refractivity contribution is 5.92. The molecule has 5 rings (SSSR count). The smallest absolute Gasteiger partial charge is 0.272 e. The van der Waals surface area contributed by atoms with Crippen molar-refractivity contribution in [3.63, 3.8) is 0 Å². The van der Waals surface area contributed by atoms with Gasteiger partial charge in [0.2, 0.25) is 5.95 Å². The molecule has 1 aliphatic carbocycles. The van der Waals surface area contributed by atoms with Gasteiger partial charge in [-0.2, -0.15) is 10.1 Å². The number of pyridine rings is 1. The number of aryl methyl sites for hydroxylation is 3. The first-order chi connectivity index (χ1) is 15.9. The lowest BCUT2D eigenvalue weighted by Gasteiger charge is -2.33. The van der Waals surface area contributed by atoms with Crippen molar-refractivity contribution in [3.8, 4) is 0 Å². The highest BCUT2D eigenvalue weighted by atomic mass is 16.2. The molecule has 9 nitrogen and oxygen atoms in total. The molecule has 2 aliphatic rings. The van der Waals surface area contributed by atoms with Crippen LogP contribution < -0.4 is 15.8 Å². The van der Waals surface area contributed by atoms with E-state index >= 15 is 0 Å². The third-order valence-electron chi connectivity index (χ3n) is 7.06. The van der Waals surface area contributed by atoms with Crippen molar-refractivity contribution >= 4 is 22.9 Å². The van der Waals surface area contributed by atoms with Crippen LogP contribution in [0.5, 0.6) is 0 Å². The number of amides is 1. The Labute approximate surface area is 192 Å². The van der Waals surface area contributed by atoms with E-state index in [1.165, 1.54) is 0 Å². The molecule has 3 aromatic heterocycles. The molecule has 174 valence electrons. The second kappa shape index (κ2) is 8.61. The Morgan fingerprint density at radius 2 is 1.91 bits per heavy atom. The zero-order valence-electron chi connectivity index (χ0n) is 19.5. The number of hydrogen-bond acceptors (Lipinski definition) is 6. The van der Waals surface area contributed by atoms with E-state index in [1.807, 2.05) is 31.7 Å². The predicted octanol–water partition coefficient (Wildman–Crippen LogP) is 2.66. The molecule has 0 aromatic carbocycles. The minimum atomic E-state index is -0.157. The summed E-state index contributed by atoms with van der Waals surface area (Å²) in [6, 6.07) is 3.70. The molecule has 0 radical (unpaired) electrons. The molecule has 4 heterocycles. The lowest BCUT2D eigenvalue weighted by atomic mass is 10.1. The van der Waals surface area contributed by atoms with Gasteiger partial charge < -0.3 is 10.2 Å². The second-order valence-electron chi connectivity index (χ2n) is 9.43. The second-order valence-corrected chi connectivity index (χ2v) is 9.43. The molecule has 0 bridgehead atoms. The van der Waals surface area contributed by atoms with E-state index in [-0.39, 0.29) is 23.6 Å². The Hall–Kier alpha value is -3.23. The molecule has 33 heavy (non-hydrogen) atoms. The Bertz CT molecular complexity index is 1240.